The van der Waals surface area contributed by atoms with Crippen LogP contribution in [-0.4, -0.2) is 17.2 Å². The Morgan fingerprint density at radius 3 is 2.31 bits per heavy atom. The second-order valence-corrected chi connectivity index (χ2v) is 2.75. The zero-order valence-electron chi connectivity index (χ0n) is 7.85. The zero-order chi connectivity index (χ0) is 12.5. The molecule has 0 spiro atoms. The molecule has 8 heteroatoms. The number of methoxy groups -OCH3 is 1. The van der Waals surface area contributed by atoms with Crippen molar-refractivity contribution in [2.75, 3.05) is 7.11 Å². The highest BCUT2D eigenvalue weighted by Gasteiger charge is 2.38. The molecule has 0 amide bonds. The molecule has 1 N–H and O–H groups in total. The van der Waals surface area contributed by atoms with E-state index in [0.717, 1.165) is 7.11 Å². The van der Waals surface area contributed by atoms with E-state index < -0.39 is 35.5 Å². The first-order valence-corrected chi connectivity index (χ1v) is 3.90. The summed E-state index contributed by atoms with van der Waals surface area (Å²) in [6.07, 6.45) is -8.21. The van der Waals surface area contributed by atoms with Crippen molar-refractivity contribution in [3.63, 3.8) is 0 Å². The molecule has 0 saturated heterocycles. The summed E-state index contributed by atoms with van der Waals surface area (Å²) in [5, 5.41) is 9.08. The van der Waals surface area contributed by atoms with Gasteiger partial charge in [0.15, 0.2) is 17.2 Å². The summed E-state index contributed by atoms with van der Waals surface area (Å²) in [5.41, 5.74) is -2.90. The molecule has 0 aliphatic carbocycles. The number of hydrogen-bond donors (Lipinski definition) is 1. The van der Waals surface area contributed by atoms with Crippen molar-refractivity contribution >= 4 is 0 Å². The van der Waals surface area contributed by atoms with Gasteiger partial charge in [0.2, 0.25) is 0 Å². The van der Waals surface area contributed by atoms with Crippen LogP contribution in [0.3, 0.4) is 0 Å². The summed E-state index contributed by atoms with van der Waals surface area (Å²) in [6, 6.07) is 0.551. The monoisotopic (exact) mass is 243 g/mol. The molecular weight excluding hydrogens is 237 g/mol. The molecular formula is C8H6F5NO2. The molecule has 0 fully saturated rings. The number of halogens is 5. The van der Waals surface area contributed by atoms with Crippen molar-refractivity contribution in [1.29, 1.82) is 0 Å². The molecule has 0 radical (unpaired) electrons. The van der Waals surface area contributed by atoms with Crippen LogP contribution in [0.1, 0.15) is 17.8 Å². The average molecular weight is 243 g/mol. The smallest absolute Gasteiger partial charge is 0.437 e. The minimum absolute atomic E-state index is 0.551. The van der Waals surface area contributed by atoms with Gasteiger partial charge < -0.3 is 9.84 Å². The molecule has 1 heterocycles. The Morgan fingerprint density at radius 1 is 1.38 bits per heavy atom. The summed E-state index contributed by atoms with van der Waals surface area (Å²) < 4.78 is 65.6. The fourth-order valence-corrected chi connectivity index (χ4v) is 0.999. The van der Waals surface area contributed by atoms with Crippen molar-refractivity contribution in [3.05, 3.63) is 17.5 Å². The van der Waals surface area contributed by atoms with Gasteiger partial charge in [0.05, 0.1) is 7.11 Å². The fourth-order valence-electron chi connectivity index (χ4n) is 0.999. The molecule has 90 valence electrons. The minimum Gasteiger partial charge on any atom is -0.503 e. The zero-order valence-corrected chi connectivity index (χ0v) is 7.85. The molecule has 0 saturated carbocycles. The number of hydrogen-bond acceptors (Lipinski definition) is 3. The molecule has 0 aliphatic heterocycles. The third kappa shape index (κ3) is 2.31. The molecule has 0 bridgehead atoms. The Labute approximate surface area is 86.5 Å². The number of ether oxygens (including phenoxy) is 1. The Morgan fingerprint density at radius 2 is 1.94 bits per heavy atom. The highest BCUT2D eigenvalue weighted by Crippen LogP contribution is 2.40. The maximum atomic E-state index is 12.3. The van der Waals surface area contributed by atoms with Gasteiger partial charge >= 0.3 is 6.18 Å². The van der Waals surface area contributed by atoms with E-state index in [0.29, 0.717) is 6.07 Å². The summed E-state index contributed by atoms with van der Waals surface area (Å²) in [4.78, 5) is 2.65. The van der Waals surface area contributed by atoms with E-state index in [1.54, 1.807) is 0 Å². The fraction of sp³-hybridized carbons (Fsp3) is 0.375. The van der Waals surface area contributed by atoms with Crippen molar-refractivity contribution < 1.29 is 31.8 Å². The molecule has 16 heavy (non-hydrogen) atoms. The van der Waals surface area contributed by atoms with Crippen LogP contribution >= 0.6 is 0 Å². The van der Waals surface area contributed by atoms with Crippen LogP contribution in [-0.2, 0) is 6.18 Å². The number of aromatic hydroxyl groups is 1. The lowest BCUT2D eigenvalue weighted by molar-refractivity contribution is -0.142. The molecule has 0 unspecified atom stereocenters. The van der Waals surface area contributed by atoms with E-state index >= 15 is 0 Å². The first kappa shape index (κ1) is 12.5. The van der Waals surface area contributed by atoms with E-state index in [-0.39, 0.29) is 0 Å². The van der Waals surface area contributed by atoms with Crippen LogP contribution < -0.4 is 4.74 Å². The largest absolute Gasteiger partial charge is 0.503 e. The first-order chi connectivity index (χ1) is 7.27. The quantitative estimate of drug-likeness (QED) is 0.812. The Bertz CT molecular complexity index is 391. The normalized spacial score (nSPS) is 11.9. The first-order valence-electron chi connectivity index (χ1n) is 3.90. The standard InChI is InChI=1S/C8H6F5NO2/c1-16-4-2-3(7(9)10)14-6(5(4)15)8(11,12)13/h2,7,15H,1H3. The number of rotatable bonds is 2. The minimum atomic E-state index is -5.03. The van der Waals surface area contributed by atoms with Gasteiger partial charge in [-0.3, -0.25) is 0 Å². The number of pyridine rings is 1. The van der Waals surface area contributed by atoms with Crippen LogP contribution in [0.15, 0.2) is 6.07 Å². The van der Waals surface area contributed by atoms with Crippen LogP contribution in [0.5, 0.6) is 11.5 Å². The number of nitrogens with zero attached hydrogens (tertiary/aromatic N) is 1. The molecule has 0 aromatic carbocycles. The molecule has 0 atom stereocenters. The predicted octanol–water partition coefficient (Wildman–Crippen LogP) is 2.75. The van der Waals surface area contributed by atoms with Gasteiger partial charge in [0.25, 0.3) is 6.43 Å². The van der Waals surface area contributed by atoms with E-state index in [1.165, 1.54) is 0 Å². The molecule has 0 aliphatic rings. The number of aromatic nitrogens is 1. The summed E-state index contributed by atoms with van der Waals surface area (Å²) in [6.45, 7) is 0. The van der Waals surface area contributed by atoms with Gasteiger partial charge in [0, 0.05) is 6.07 Å². The average Bonchev–Trinajstić information content (AvgIpc) is 2.15. The highest BCUT2D eigenvalue weighted by atomic mass is 19.4. The molecule has 1 rings (SSSR count). The van der Waals surface area contributed by atoms with Gasteiger partial charge in [-0.25, -0.2) is 13.8 Å². The Kier molecular flexibility index (Phi) is 3.20. The predicted molar refractivity (Wildman–Crippen MR) is 42.4 cm³/mol. The molecule has 3 nitrogen and oxygen atoms in total. The van der Waals surface area contributed by atoms with Gasteiger partial charge in [-0.2, -0.15) is 13.2 Å². The van der Waals surface area contributed by atoms with E-state index in [9.17, 15) is 22.0 Å². The lowest BCUT2D eigenvalue weighted by Crippen LogP contribution is -2.11. The van der Waals surface area contributed by atoms with E-state index in [2.05, 4.69) is 9.72 Å². The third-order valence-electron chi connectivity index (χ3n) is 1.69. The summed E-state index contributed by atoms with van der Waals surface area (Å²) in [7, 11) is 0.949. The van der Waals surface area contributed by atoms with E-state index in [1.807, 2.05) is 0 Å². The summed E-state index contributed by atoms with van der Waals surface area (Å²) in [5.74, 6) is -2.00. The lowest BCUT2D eigenvalue weighted by Gasteiger charge is -2.12. The highest BCUT2D eigenvalue weighted by molar-refractivity contribution is 5.44. The lowest BCUT2D eigenvalue weighted by atomic mass is 10.2. The Balaban J connectivity index is 3.42. The maximum Gasteiger partial charge on any atom is 0.437 e. The van der Waals surface area contributed by atoms with Gasteiger partial charge in [-0.1, -0.05) is 0 Å². The Hall–Kier alpha value is -1.60. The van der Waals surface area contributed by atoms with Crippen molar-refractivity contribution in [3.8, 4) is 11.5 Å². The van der Waals surface area contributed by atoms with Gasteiger partial charge in [-0.15, -0.1) is 0 Å². The second kappa shape index (κ2) is 4.11. The SMILES string of the molecule is COc1cc(C(F)F)nc(C(F)(F)F)c1O. The van der Waals surface area contributed by atoms with Crippen LogP contribution in [0.25, 0.3) is 0 Å². The maximum absolute atomic E-state index is 12.3. The van der Waals surface area contributed by atoms with Crippen molar-refractivity contribution in [2.45, 2.75) is 12.6 Å². The van der Waals surface area contributed by atoms with Crippen LogP contribution in [0, 0.1) is 0 Å². The molecule has 1 aromatic rings. The van der Waals surface area contributed by atoms with E-state index in [4.69, 9.17) is 5.11 Å². The van der Waals surface area contributed by atoms with Gasteiger partial charge in [-0.05, 0) is 0 Å². The van der Waals surface area contributed by atoms with Crippen LogP contribution in [0.4, 0.5) is 22.0 Å². The van der Waals surface area contributed by atoms with Crippen LogP contribution in [0.2, 0.25) is 0 Å². The topological polar surface area (TPSA) is 42.4 Å². The van der Waals surface area contributed by atoms with Crippen molar-refractivity contribution in [2.24, 2.45) is 0 Å². The number of alkyl halides is 5. The second-order valence-electron chi connectivity index (χ2n) is 2.75. The molecule has 1 aromatic heterocycles. The van der Waals surface area contributed by atoms with Gasteiger partial charge in [0.1, 0.15) is 5.69 Å². The van der Waals surface area contributed by atoms with Crippen molar-refractivity contribution in [1.82, 2.24) is 4.98 Å². The summed E-state index contributed by atoms with van der Waals surface area (Å²) >= 11 is 0. The third-order valence-corrected chi connectivity index (χ3v) is 1.69.